The van der Waals surface area contributed by atoms with Crippen LogP contribution in [0.25, 0.3) is 0 Å². The number of hydrogen-bond donors (Lipinski definition) is 1. The number of carbonyl (C=O) groups excluding carboxylic acids is 2. The van der Waals surface area contributed by atoms with Crippen LogP contribution in [-0.4, -0.2) is 11.7 Å². The van der Waals surface area contributed by atoms with Gasteiger partial charge in [-0.3, -0.25) is 9.59 Å². The van der Waals surface area contributed by atoms with E-state index in [1.165, 1.54) is 6.07 Å². The summed E-state index contributed by atoms with van der Waals surface area (Å²) in [6.45, 7) is 1.88. The molecule has 1 aliphatic carbocycles. The lowest BCUT2D eigenvalue weighted by Gasteiger charge is -2.07. The third-order valence-electron chi connectivity index (χ3n) is 3.59. The van der Waals surface area contributed by atoms with Crippen LogP contribution in [0.15, 0.2) is 28.7 Å². The van der Waals surface area contributed by atoms with E-state index < -0.39 is 0 Å². The van der Waals surface area contributed by atoms with Crippen LogP contribution >= 0.6 is 11.6 Å². The van der Waals surface area contributed by atoms with Gasteiger partial charge in [0, 0.05) is 29.6 Å². The molecule has 0 aliphatic heterocycles. The van der Waals surface area contributed by atoms with Crippen LogP contribution in [0.3, 0.4) is 0 Å². The minimum Gasteiger partial charge on any atom is -0.455 e. The van der Waals surface area contributed by atoms with Gasteiger partial charge in [-0.05, 0) is 31.0 Å². The van der Waals surface area contributed by atoms with Crippen LogP contribution in [-0.2, 0) is 6.42 Å². The Bertz CT molecular complexity index is 733. The molecule has 1 aromatic heterocycles. The minimum absolute atomic E-state index is 0.0398. The first-order chi connectivity index (χ1) is 10.0. The van der Waals surface area contributed by atoms with Gasteiger partial charge in [-0.1, -0.05) is 17.7 Å². The minimum atomic E-state index is -0.373. The van der Waals surface area contributed by atoms with Crippen molar-refractivity contribution in [1.29, 1.82) is 0 Å². The average Bonchev–Trinajstić information content (AvgIpc) is 2.88. The number of benzene rings is 1. The molecule has 1 N–H and O–H groups in total. The van der Waals surface area contributed by atoms with Crippen molar-refractivity contribution < 1.29 is 14.0 Å². The summed E-state index contributed by atoms with van der Waals surface area (Å²) in [6, 6.07) is 6.81. The van der Waals surface area contributed by atoms with E-state index in [1.807, 2.05) is 13.0 Å². The van der Waals surface area contributed by atoms with Crippen LogP contribution in [0.4, 0.5) is 5.69 Å². The molecule has 5 heteroatoms. The lowest BCUT2D eigenvalue weighted by Crippen LogP contribution is -2.12. The molecule has 0 saturated carbocycles. The highest BCUT2D eigenvalue weighted by molar-refractivity contribution is 6.31. The van der Waals surface area contributed by atoms with E-state index in [0.717, 1.165) is 12.0 Å². The molecule has 4 nitrogen and oxygen atoms in total. The lowest BCUT2D eigenvalue weighted by molar-refractivity contribution is 0.0963. The van der Waals surface area contributed by atoms with Gasteiger partial charge in [-0.2, -0.15) is 0 Å². The second kappa shape index (κ2) is 5.37. The van der Waals surface area contributed by atoms with Crippen molar-refractivity contribution in [3.05, 3.63) is 51.9 Å². The predicted molar refractivity (Wildman–Crippen MR) is 80.1 cm³/mol. The predicted octanol–water partition coefficient (Wildman–Crippen LogP) is 4.01. The summed E-state index contributed by atoms with van der Waals surface area (Å²) in [5.41, 5.74) is 2.07. The molecule has 21 heavy (non-hydrogen) atoms. The summed E-state index contributed by atoms with van der Waals surface area (Å²) in [6.07, 6.45) is 1.99. The van der Waals surface area contributed by atoms with E-state index in [2.05, 4.69) is 5.32 Å². The zero-order valence-corrected chi connectivity index (χ0v) is 12.3. The number of nitrogens with one attached hydrogen (secondary N) is 1. The maximum absolute atomic E-state index is 12.2. The number of anilines is 1. The van der Waals surface area contributed by atoms with Gasteiger partial charge in [-0.25, -0.2) is 0 Å². The number of fused-ring (bicyclic) bond motifs is 1. The van der Waals surface area contributed by atoms with E-state index in [4.69, 9.17) is 16.0 Å². The standard InChI is InChI=1S/C16H14ClNO3/c1-9-5-6-10(17)7-12(9)18-16(20)15-8-11-13(19)3-2-4-14(11)21-15/h5-8H,2-4H2,1H3,(H,18,20). The fourth-order valence-corrected chi connectivity index (χ4v) is 2.59. The SMILES string of the molecule is Cc1ccc(Cl)cc1NC(=O)c1cc2c(o1)CCCC2=O. The van der Waals surface area contributed by atoms with Gasteiger partial charge in [0.2, 0.25) is 0 Å². The van der Waals surface area contributed by atoms with E-state index >= 15 is 0 Å². The van der Waals surface area contributed by atoms with Crippen LogP contribution in [0.5, 0.6) is 0 Å². The fourth-order valence-electron chi connectivity index (χ4n) is 2.42. The molecule has 0 spiro atoms. The van der Waals surface area contributed by atoms with Crippen molar-refractivity contribution in [2.45, 2.75) is 26.2 Å². The number of ketones is 1. The maximum atomic E-state index is 12.2. The van der Waals surface area contributed by atoms with Crippen molar-refractivity contribution in [2.24, 2.45) is 0 Å². The van der Waals surface area contributed by atoms with Crippen molar-refractivity contribution in [2.75, 3.05) is 5.32 Å². The molecular formula is C16H14ClNO3. The van der Waals surface area contributed by atoms with Crippen LogP contribution in [0.1, 0.15) is 45.1 Å². The monoisotopic (exact) mass is 303 g/mol. The Balaban J connectivity index is 1.86. The Labute approximate surface area is 127 Å². The molecule has 0 bridgehead atoms. The van der Waals surface area contributed by atoms with Crippen molar-refractivity contribution in [3.8, 4) is 0 Å². The molecule has 1 amide bonds. The third kappa shape index (κ3) is 2.72. The smallest absolute Gasteiger partial charge is 0.291 e. The number of halogens is 1. The zero-order chi connectivity index (χ0) is 15.0. The number of aryl methyl sites for hydroxylation is 2. The van der Waals surface area contributed by atoms with E-state index in [9.17, 15) is 9.59 Å². The van der Waals surface area contributed by atoms with Gasteiger partial charge in [0.25, 0.3) is 5.91 Å². The summed E-state index contributed by atoms with van der Waals surface area (Å²) >= 11 is 5.93. The van der Waals surface area contributed by atoms with Crippen molar-refractivity contribution in [3.63, 3.8) is 0 Å². The summed E-state index contributed by atoms with van der Waals surface area (Å²) in [4.78, 5) is 24.0. The van der Waals surface area contributed by atoms with E-state index in [-0.39, 0.29) is 17.5 Å². The molecule has 1 aromatic carbocycles. The van der Waals surface area contributed by atoms with Gasteiger partial charge >= 0.3 is 0 Å². The molecule has 1 aliphatic rings. The number of rotatable bonds is 2. The highest BCUT2D eigenvalue weighted by Crippen LogP contribution is 2.26. The first-order valence-corrected chi connectivity index (χ1v) is 7.16. The highest BCUT2D eigenvalue weighted by atomic mass is 35.5. The lowest BCUT2D eigenvalue weighted by atomic mass is 9.97. The largest absolute Gasteiger partial charge is 0.455 e. The summed E-state index contributed by atoms with van der Waals surface area (Å²) in [5, 5.41) is 3.31. The average molecular weight is 304 g/mol. The Morgan fingerprint density at radius 3 is 2.86 bits per heavy atom. The molecule has 0 saturated heterocycles. The number of hydrogen-bond acceptors (Lipinski definition) is 3. The molecule has 108 valence electrons. The topological polar surface area (TPSA) is 59.3 Å². The Hall–Kier alpha value is -2.07. The van der Waals surface area contributed by atoms with Gasteiger partial charge in [0.1, 0.15) is 5.76 Å². The number of furan rings is 1. The Morgan fingerprint density at radius 2 is 2.10 bits per heavy atom. The van der Waals surface area contributed by atoms with Crippen LogP contribution < -0.4 is 5.32 Å². The van der Waals surface area contributed by atoms with E-state index in [1.54, 1.807) is 12.1 Å². The van der Waals surface area contributed by atoms with Gasteiger partial charge in [-0.15, -0.1) is 0 Å². The highest BCUT2D eigenvalue weighted by Gasteiger charge is 2.24. The zero-order valence-electron chi connectivity index (χ0n) is 11.5. The second-order valence-corrected chi connectivity index (χ2v) is 5.57. The Kier molecular flexibility index (Phi) is 3.55. The van der Waals surface area contributed by atoms with E-state index in [0.29, 0.717) is 34.9 Å². The molecule has 1 heterocycles. The normalized spacial score (nSPS) is 13.9. The molecular weight excluding hydrogens is 290 g/mol. The molecule has 0 radical (unpaired) electrons. The second-order valence-electron chi connectivity index (χ2n) is 5.14. The summed E-state index contributed by atoms with van der Waals surface area (Å²) in [5.74, 6) is 0.439. The summed E-state index contributed by atoms with van der Waals surface area (Å²) in [7, 11) is 0. The number of amides is 1. The fraction of sp³-hybridized carbons (Fsp3) is 0.250. The first-order valence-electron chi connectivity index (χ1n) is 6.78. The van der Waals surface area contributed by atoms with Gasteiger partial charge in [0.05, 0.1) is 5.56 Å². The van der Waals surface area contributed by atoms with Crippen molar-refractivity contribution >= 4 is 29.0 Å². The maximum Gasteiger partial charge on any atom is 0.291 e. The number of carbonyl (C=O) groups is 2. The van der Waals surface area contributed by atoms with Gasteiger partial charge in [0.15, 0.2) is 11.5 Å². The number of Topliss-reactive ketones (excluding diaryl/α,β-unsaturated/α-hetero) is 1. The molecule has 2 aromatic rings. The van der Waals surface area contributed by atoms with Crippen molar-refractivity contribution in [1.82, 2.24) is 0 Å². The van der Waals surface area contributed by atoms with Gasteiger partial charge < -0.3 is 9.73 Å². The van der Waals surface area contributed by atoms with Crippen LogP contribution in [0, 0.1) is 6.92 Å². The molecule has 0 atom stereocenters. The Morgan fingerprint density at radius 1 is 1.29 bits per heavy atom. The molecule has 3 rings (SSSR count). The quantitative estimate of drug-likeness (QED) is 0.911. The molecule has 0 fully saturated rings. The first kappa shape index (κ1) is 13.9. The summed E-state index contributed by atoms with van der Waals surface area (Å²) < 4.78 is 5.51. The molecule has 0 unspecified atom stereocenters. The van der Waals surface area contributed by atoms with Crippen LogP contribution in [0.2, 0.25) is 5.02 Å². The third-order valence-corrected chi connectivity index (χ3v) is 3.82.